The molecule has 0 aliphatic heterocycles. The van der Waals surface area contributed by atoms with Gasteiger partial charge in [0.1, 0.15) is 0 Å². The van der Waals surface area contributed by atoms with Gasteiger partial charge in [-0.3, -0.25) is 9.52 Å². The lowest BCUT2D eigenvalue weighted by atomic mass is 10.2. The molecule has 25 heavy (non-hydrogen) atoms. The summed E-state index contributed by atoms with van der Waals surface area (Å²) in [5.74, 6) is -0.262. The van der Waals surface area contributed by atoms with Crippen LogP contribution in [-0.4, -0.2) is 14.3 Å². The number of allylic oxidation sites excluding steroid dienone is 1. The molecular weight excluding hydrogens is 360 g/mol. The number of sulfonamides is 1. The number of anilines is 2. The van der Waals surface area contributed by atoms with E-state index in [4.69, 9.17) is 11.6 Å². The summed E-state index contributed by atoms with van der Waals surface area (Å²) in [5.41, 5.74) is 1.39. The molecule has 0 atom stereocenters. The molecule has 1 amide bonds. The van der Waals surface area contributed by atoms with E-state index in [1.165, 1.54) is 12.1 Å². The van der Waals surface area contributed by atoms with E-state index in [-0.39, 0.29) is 10.8 Å². The van der Waals surface area contributed by atoms with E-state index in [9.17, 15) is 13.2 Å². The van der Waals surface area contributed by atoms with Gasteiger partial charge >= 0.3 is 0 Å². The predicted octanol–water partition coefficient (Wildman–Crippen LogP) is 4.44. The van der Waals surface area contributed by atoms with Crippen LogP contribution in [0.5, 0.6) is 0 Å². The van der Waals surface area contributed by atoms with Gasteiger partial charge in [-0.2, -0.15) is 0 Å². The van der Waals surface area contributed by atoms with Gasteiger partial charge in [-0.15, -0.1) is 0 Å². The number of halogens is 1. The van der Waals surface area contributed by atoms with E-state index < -0.39 is 10.0 Å². The van der Waals surface area contributed by atoms with Crippen LogP contribution in [0.1, 0.15) is 20.3 Å². The zero-order valence-corrected chi connectivity index (χ0v) is 15.5. The van der Waals surface area contributed by atoms with Crippen LogP contribution in [0.2, 0.25) is 5.02 Å². The highest BCUT2D eigenvalue weighted by Gasteiger charge is 2.15. The van der Waals surface area contributed by atoms with Gasteiger partial charge in [0.2, 0.25) is 0 Å². The Kier molecular flexibility index (Phi) is 6.22. The van der Waals surface area contributed by atoms with Crippen LogP contribution in [0, 0.1) is 0 Å². The van der Waals surface area contributed by atoms with Crippen molar-refractivity contribution < 1.29 is 13.2 Å². The minimum atomic E-state index is -3.77. The third-order valence-electron chi connectivity index (χ3n) is 3.37. The quantitative estimate of drug-likeness (QED) is 0.730. The molecule has 7 heteroatoms. The molecule has 0 aromatic heterocycles. The number of rotatable bonds is 6. The Morgan fingerprint density at radius 3 is 2.44 bits per heavy atom. The molecule has 0 saturated carbocycles. The number of hydrogen-bond donors (Lipinski definition) is 2. The Morgan fingerprint density at radius 2 is 1.80 bits per heavy atom. The highest BCUT2D eigenvalue weighted by molar-refractivity contribution is 7.92. The lowest BCUT2D eigenvalue weighted by molar-refractivity contribution is -0.112. The summed E-state index contributed by atoms with van der Waals surface area (Å²) in [4.78, 5) is 12.1. The number of carbonyl (C=O) groups excluding carboxylic acids is 1. The summed E-state index contributed by atoms with van der Waals surface area (Å²) in [5, 5.41) is 3.21. The Hall–Kier alpha value is -2.31. The summed E-state index contributed by atoms with van der Waals surface area (Å²) in [7, 11) is -3.77. The van der Waals surface area contributed by atoms with Crippen LogP contribution in [0.4, 0.5) is 11.4 Å². The highest BCUT2D eigenvalue weighted by Crippen LogP contribution is 2.21. The first kappa shape index (κ1) is 19.0. The Morgan fingerprint density at radius 1 is 1.12 bits per heavy atom. The van der Waals surface area contributed by atoms with E-state index in [0.717, 1.165) is 6.42 Å². The SMILES string of the molecule is CC/C=C(\C)C(=O)Nc1cccc(S(=O)(=O)Nc2ccc(Cl)cc2)c1. The maximum atomic E-state index is 12.5. The fraction of sp³-hybridized carbons (Fsp3) is 0.167. The van der Waals surface area contributed by atoms with Crippen molar-refractivity contribution in [3.05, 3.63) is 65.2 Å². The van der Waals surface area contributed by atoms with E-state index >= 15 is 0 Å². The molecule has 2 aromatic rings. The highest BCUT2D eigenvalue weighted by atomic mass is 35.5. The Balaban J connectivity index is 2.20. The molecule has 0 spiro atoms. The zero-order valence-electron chi connectivity index (χ0n) is 13.9. The maximum absolute atomic E-state index is 12.5. The van der Waals surface area contributed by atoms with Gasteiger partial charge in [0.05, 0.1) is 4.90 Å². The first-order valence-corrected chi connectivity index (χ1v) is 9.54. The molecule has 2 N–H and O–H groups in total. The molecule has 0 aliphatic carbocycles. The molecule has 0 unspecified atom stereocenters. The molecule has 0 saturated heterocycles. The Labute approximate surface area is 152 Å². The third kappa shape index (κ3) is 5.34. The normalized spacial score (nSPS) is 11.9. The molecular formula is C18H19ClN2O3S. The van der Waals surface area contributed by atoms with E-state index in [1.807, 2.05) is 6.92 Å². The maximum Gasteiger partial charge on any atom is 0.261 e. The van der Waals surface area contributed by atoms with Crippen molar-refractivity contribution in [2.45, 2.75) is 25.2 Å². The van der Waals surface area contributed by atoms with Crippen LogP contribution in [0.15, 0.2) is 65.1 Å². The van der Waals surface area contributed by atoms with Gasteiger partial charge in [-0.25, -0.2) is 8.42 Å². The van der Waals surface area contributed by atoms with Crippen molar-refractivity contribution in [3.8, 4) is 0 Å². The van der Waals surface area contributed by atoms with Crippen LogP contribution < -0.4 is 10.0 Å². The largest absolute Gasteiger partial charge is 0.322 e. The first-order chi connectivity index (χ1) is 11.8. The molecule has 0 radical (unpaired) electrons. The molecule has 0 fully saturated rings. The van der Waals surface area contributed by atoms with Gasteiger partial charge in [0.25, 0.3) is 15.9 Å². The Bertz CT molecular complexity index is 891. The van der Waals surface area contributed by atoms with Gasteiger partial charge in [0.15, 0.2) is 0 Å². The van der Waals surface area contributed by atoms with Crippen molar-refractivity contribution in [2.75, 3.05) is 10.0 Å². The molecule has 2 aromatic carbocycles. The fourth-order valence-corrected chi connectivity index (χ4v) is 3.33. The minimum Gasteiger partial charge on any atom is -0.322 e. The topological polar surface area (TPSA) is 75.3 Å². The lowest BCUT2D eigenvalue weighted by Crippen LogP contribution is -2.15. The van der Waals surface area contributed by atoms with Gasteiger partial charge < -0.3 is 5.32 Å². The fourth-order valence-electron chi connectivity index (χ4n) is 2.10. The van der Waals surface area contributed by atoms with Gasteiger partial charge in [-0.1, -0.05) is 30.7 Å². The van der Waals surface area contributed by atoms with E-state index in [1.54, 1.807) is 49.4 Å². The average Bonchev–Trinajstić information content (AvgIpc) is 2.57. The second-order valence-corrected chi connectivity index (χ2v) is 7.51. The standard InChI is InChI=1S/C18H19ClN2O3S/c1-3-5-13(2)18(22)20-16-6-4-7-17(12-16)25(23,24)21-15-10-8-14(19)9-11-15/h4-12,21H,3H2,1-2H3,(H,20,22)/b13-5+. The number of amides is 1. The van der Waals surface area contributed by atoms with Crippen LogP contribution in [0.25, 0.3) is 0 Å². The number of nitrogens with one attached hydrogen (secondary N) is 2. The summed E-state index contributed by atoms with van der Waals surface area (Å²) in [6.07, 6.45) is 2.55. The number of carbonyl (C=O) groups is 1. The second-order valence-electron chi connectivity index (χ2n) is 5.39. The summed E-state index contributed by atoms with van der Waals surface area (Å²) in [6, 6.07) is 12.4. The summed E-state index contributed by atoms with van der Waals surface area (Å²) in [6.45, 7) is 3.65. The second kappa shape index (κ2) is 8.18. The smallest absolute Gasteiger partial charge is 0.261 e. The van der Waals surface area contributed by atoms with Crippen molar-refractivity contribution in [3.63, 3.8) is 0 Å². The van der Waals surface area contributed by atoms with Gasteiger partial charge in [-0.05, 0) is 55.8 Å². The van der Waals surface area contributed by atoms with Crippen molar-refractivity contribution in [1.82, 2.24) is 0 Å². The average molecular weight is 379 g/mol. The van der Waals surface area contributed by atoms with Crippen molar-refractivity contribution in [1.29, 1.82) is 0 Å². The summed E-state index contributed by atoms with van der Waals surface area (Å²) < 4.78 is 27.5. The minimum absolute atomic E-state index is 0.0531. The van der Waals surface area contributed by atoms with E-state index in [2.05, 4.69) is 10.0 Å². The first-order valence-electron chi connectivity index (χ1n) is 7.68. The lowest BCUT2D eigenvalue weighted by Gasteiger charge is -2.10. The van der Waals surface area contributed by atoms with Crippen LogP contribution >= 0.6 is 11.6 Å². The summed E-state index contributed by atoms with van der Waals surface area (Å²) >= 11 is 5.80. The van der Waals surface area contributed by atoms with Crippen LogP contribution in [-0.2, 0) is 14.8 Å². The van der Waals surface area contributed by atoms with Crippen LogP contribution in [0.3, 0.4) is 0 Å². The molecule has 0 heterocycles. The molecule has 0 bridgehead atoms. The molecule has 132 valence electrons. The molecule has 2 rings (SSSR count). The van der Waals surface area contributed by atoms with Gasteiger partial charge in [0, 0.05) is 22.0 Å². The molecule has 0 aliphatic rings. The number of hydrogen-bond acceptors (Lipinski definition) is 3. The monoisotopic (exact) mass is 378 g/mol. The zero-order chi connectivity index (χ0) is 18.4. The van der Waals surface area contributed by atoms with E-state index in [0.29, 0.717) is 22.0 Å². The van der Waals surface area contributed by atoms with Crippen molar-refractivity contribution in [2.24, 2.45) is 0 Å². The van der Waals surface area contributed by atoms with Crippen molar-refractivity contribution >= 4 is 38.9 Å². The predicted molar refractivity (Wildman–Crippen MR) is 101 cm³/mol. The molecule has 5 nitrogen and oxygen atoms in total. The third-order valence-corrected chi connectivity index (χ3v) is 5.00. The number of benzene rings is 2.